The Morgan fingerprint density at radius 2 is 2.12 bits per heavy atom. The van der Waals surface area contributed by atoms with Gasteiger partial charge in [0.15, 0.2) is 18.2 Å². The van der Waals surface area contributed by atoms with Crippen LogP contribution in [0.15, 0.2) is 18.2 Å². The van der Waals surface area contributed by atoms with Gasteiger partial charge < -0.3 is 20.1 Å². The zero-order valence-electron chi connectivity index (χ0n) is 13.8. The van der Waals surface area contributed by atoms with Gasteiger partial charge in [-0.2, -0.15) is 0 Å². The lowest BCUT2D eigenvalue weighted by molar-refractivity contribution is -0.123. The van der Waals surface area contributed by atoms with Crippen molar-refractivity contribution in [2.75, 3.05) is 32.8 Å². The van der Waals surface area contributed by atoms with E-state index in [1.807, 2.05) is 0 Å². The molecule has 0 spiro atoms. The zero-order valence-corrected chi connectivity index (χ0v) is 13.8. The number of nitrogens with one attached hydrogen (secondary N) is 1. The smallest absolute Gasteiger partial charge is 0.258 e. The second-order valence-corrected chi connectivity index (χ2v) is 6.30. The molecule has 24 heavy (non-hydrogen) atoms. The van der Waals surface area contributed by atoms with Crippen LogP contribution >= 0.6 is 0 Å². The molecule has 1 atom stereocenters. The van der Waals surface area contributed by atoms with Gasteiger partial charge in [0.1, 0.15) is 5.82 Å². The van der Waals surface area contributed by atoms with Crippen LogP contribution in [0.5, 0.6) is 5.75 Å². The van der Waals surface area contributed by atoms with Crippen LogP contribution in [0, 0.1) is 17.6 Å². The molecule has 1 aliphatic heterocycles. The van der Waals surface area contributed by atoms with Crippen molar-refractivity contribution in [2.45, 2.75) is 25.9 Å². The van der Waals surface area contributed by atoms with E-state index in [-0.39, 0.29) is 12.3 Å². The number of amides is 1. The van der Waals surface area contributed by atoms with Crippen LogP contribution in [0.2, 0.25) is 0 Å². The Hall–Kier alpha value is -1.73. The Morgan fingerprint density at radius 1 is 1.42 bits per heavy atom. The van der Waals surface area contributed by atoms with Gasteiger partial charge >= 0.3 is 0 Å². The van der Waals surface area contributed by atoms with Crippen molar-refractivity contribution in [3.63, 3.8) is 0 Å². The number of rotatable bonds is 7. The molecule has 1 saturated heterocycles. The summed E-state index contributed by atoms with van der Waals surface area (Å²) >= 11 is 0. The number of benzene rings is 1. The summed E-state index contributed by atoms with van der Waals surface area (Å²) in [6.45, 7) is 4.37. The van der Waals surface area contributed by atoms with E-state index in [1.165, 1.54) is 0 Å². The number of likely N-dealkylation sites (tertiary alicyclic amines) is 1. The maximum Gasteiger partial charge on any atom is 0.258 e. The van der Waals surface area contributed by atoms with Crippen molar-refractivity contribution in [1.82, 2.24) is 10.2 Å². The first kappa shape index (κ1) is 18.6. The molecule has 0 radical (unpaired) electrons. The number of piperidine rings is 1. The predicted molar refractivity (Wildman–Crippen MR) is 85.7 cm³/mol. The first-order valence-corrected chi connectivity index (χ1v) is 8.19. The van der Waals surface area contributed by atoms with Crippen molar-refractivity contribution in [2.24, 2.45) is 5.92 Å². The lowest BCUT2D eigenvalue weighted by Crippen LogP contribution is -2.43. The molecule has 134 valence electrons. The summed E-state index contributed by atoms with van der Waals surface area (Å²) in [6, 6.07) is 2.88. The molecule has 1 aromatic carbocycles. The van der Waals surface area contributed by atoms with Gasteiger partial charge in [-0.05, 0) is 44.0 Å². The fourth-order valence-corrected chi connectivity index (χ4v) is 2.63. The molecule has 1 amide bonds. The van der Waals surface area contributed by atoms with E-state index in [0.29, 0.717) is 12.6 Å². The second kappa shape index (κ2) is 8.94. The number of aliphatic hydroxyl groups is 1. The van der Waals surface area contributed by atoms with E-state index in [4.69, 9.17) is 4.74 Å². The maximum absolute atomic E-state index is 13.4. The third-order valence-electron chi connectivity index (χ3n) is 4.13. The summed E-state index contributed by atoms with van der Waals surface area (Å²) in [5, 5.41) is 12.5. The summed E-state index contributed by atoms with van der Waals surface area (Å²) in [4.78, 5) is 13.9. The largest absolute Gasteiger partial charge is 0.481 e. The Balaban J connectivity index is 1.65. The fraction of sp³-hybridized carbons (Fsp3) is 0.588. The molecular weight excluding hydrogens is 318 g/mol. The van der Waals surface area contributed by atoms with Crippen LogP contribution in [-0.2, 0) is 4.79 Å². The second-order valence-electron chi connectivity index (χ2n) is 6.30. The van der Waals surface area contributed by atoms with Crippen LogP contribution in [0.25, 0.3) is 0 Å². The predicted octanol–water partition coefficient (Wildman–Crippen LogP) is 1.55. The van der Waals surface area contributed by atoms with Gasteiger partial charge in [0, 0.05) is 19.2 Å². The van der Waals surface area contributed by atoms with Crippen LogP contribution < -0.4 is 10.1 Å². The number of nitrogens with zero attached hydrogens (tertiary/aromatic N) is 1. The van der Waals surface area contributed by atoms with E-state index in [0.717, 1.165) is 44.0 Å². The Bertz CT molecular complexity index is 549. The van der Waals surface area contributed by atoms with E-state index < -0.39 is 30.3 Å². The van der Waals surface area contributed by atoms with Gasteiger partial charge in [0.25, 0.3) is 5.91 Å². The topological polar surface area (TPSA) is 61.8 Å². The zero-order chi connectivity index (χ0) is 17.5. The summed E-state index contributed by atoms with van der Waals surface area (Å²) in [5.74, 6) is -1.50. The lowest BCUT2D eigenvalue weighted by Gasteiger charge is -2.31. The Morgan fingerprint density at radius 3 is 2.79 bits per heavy atom. The normalized spacial score (nSPS) is 17.5. The number of carbonyl (C=O) groups excluding carboxylic acids is 1. The van der Waals surface area contributed by atoms with Gasteiger partial charge in [-0.3, -0.25) is 4.79 Å². The monoisotopic (exact) mass is 342 g/mol. The average Bonchev–Trinajstić information content (AvgIpc) is 2.54. The highest BCUT2D eigenvalue weighted by molar-refractivity contribution is 5.77. The molecule has 5 nitrogen and oxygen atoms in total. The average molecular weight is 342 g/mol. The molecule has 1 heterocycles. The van der Waals surface area contributed by atoms with E-state index in [9.17, 15) is 18.7 Å². The summed E-state index contributed by atoms with van der Waals surface area (Å²) < 4.78 is 31.1. The summed E-state index contributed by atoms with van der Waals surface area (Å²) in [6.07, 6.45) is 1.58. The number of aliphatic hydroxyl groups excluding tert-OH is 1. The summed E-state index contributed by atoms with van der Waals surface area (Å²) in [7, 11) is 0. The number of β-amino-alcohol motifs (C(OH)–C–C–N with tert-alkyl or cyclic N) is 1. The first-order chi connectivity index (χ1) is 11.4. The third kappa shape index (κ3) is 6.05. The summed E-state index contributed by atoms with van der Waals surface area (Å²) in [5.41, 5.74) is 0. The van der Waals surface area contributed by atoms with Crippen molar-refractivity contribution < 1.29 is 23.4 Å². The van der Waals surface area contributed by atoms with Gasteiger partial charge in [0.2, 0.25) is 0 Å². The lowest BCUT2D eigenvalue weighted by atomic mass is 9.99. The van der Waals surface area contributed by atoms with Gasteiger partial charge in [-0.15, -0.1) is 0 Å². The number of hydrogen-bond acceptors (Lipinski definition) is 4. The molecule has 1 aliphatic rings. The molecule has 2 rings (SSSR count). The van der Waals surface area contributed by atoms with Crippen molar-refractivity contribution in [1.29, 1.82) is 0 Å². The van der Waals surface area contributed by atoms with Crippen molar-refractivity contribution in [3.05, 3.63) is 29.8 Å². The minimum absolute atomic E-state index is 0.111. The van der Waals surface area contributed by atoms with Gasteiger partial charge in [0.05, 0.1) is 6.10 Å². The van der Waals surface area contributed by atoms with E-state index in [1.54, 1.807) is 0 Å². The number of carbonyl (C=O) groups is 1. The minimum atomic E-state index is -0.859. The Kier molecular flexibility index (Phi) is 6.93. The highest BCUT2D eigenvalue weighted by Gasteiger charge is 2.18. The number of hydrogen-bond donors (Lipinski definition) is 2. The third-order valence-corrected chi connectivity index (χ3v) is 4.13. The van der Waals surface area contributed by atoms with Crippen LogP contribution in [-0.4, -0.2) is 54.8 Å². The van der Waals surface area contributed by atoms with E-state index >= 15 is 0 Å². The number of halogens is 2. The Labute approximate surface area is 140 Å². The van der Waals surface area contributed by atoms with Crippen LogP contribution in [0.4, 0.5) is 8.78 Å². The fourth-order valence-electron chi connectivity index (χ4n) is 2.63. The SMILES string of the molecule is CC1CCN(CC(O)CNC(=O)COc2ccc(F)cc2F)CC1. The molecule has 7 heteroatoms. The van der Waals surface area contributed by atoms with Crippen molar-refractivity contribution >= 4 is 5.91 Å². The molecular formula is C17H24F2N2O3. The minimum Gasteiger partial charge on any atom is -0.481 e. The maximum atomic E-state index is 13.4. The molecule has 0 bridgehead atoms. The first-order valence-electron chi connectivity index (χ1n) is 8.19. The number of ether oxygens (including phenoxy) is 1. The molecule has 0 aromatic heterocycles. The quantitative estimate of drug-likeness (QED) is 0.789. The standard InChI is InChI=1S/C17H24F2N2O3/c1-12-4-6-21(7-5-12)10-14(22)9-20-17(23)11-24-16-3-2-13(18)8-15(16)19/h2-3,8,12,14,22H,4-7,9-11H2,1H3,(H,20,23). The highest BCUT2D eigenvalue weighted by Crippen LogP contribution is 2.17. The van der Waals surface area contributed by atoms with Crippen LogP contribution in [0.1, 0.15) is 19.8 Å². The van der Waals surface area contributed by atoms with Crippen molar-refractivity contribution in [3.8, 4) is 5.75 Å². The van der Waals surface area contributed by atoms with E-state index in [2.05, 4.69) is 17.1 Å². The molecule has 1 aromatic rings. The molecule has 0 saturated carbocycles. The molecule has 1 fully saturated rings. The molecule has 1 unspecified atom stereocenters. The molecule has 0 aliphatic carbocycles. The van der Waals surface area contributed by atoms with Gasteiger partial charge in [-0.25, -0.2) is 8.78 Å². The highest BCUT2D eigenvalue weighted by atomic mass is 19.1. The van der Waals surface area contributed by atoms with Gasteiger partial charge in [-0.1, -0.05) is 6.92 Å². The van der Waals surface area contributed by atoms with Crippen LogP contribution in [0.3, 0.4) is 0 Å². The molecule has 2 N–H and O–H groups in total.